The number of hydrogen-bond acceptors (Lipinski definition) is 12. The second-order valence-electron chi connectivity index (χ2n) is 9.61. The summed E-state index contributed by atoms with van der Waals surface area (Å²) in [5.74, 6) is -2.55. The van der Waals surface area contributed by atoms with Gasteiger partial charge in [-0.25, -0.2) is 4.79 Å². The molecule has 1 saturated heterocycles. The highest BCUT2D eigenvalue weighted by molar-refractivity contribution is 5.88. The fourth-order valence-corrected chi connectivity index (χ4v) is 4.53. The fourth-order valence-electron chi connectivity index (χ4n) is 4.53. The van der Waals surface area contributed by atoms with E-state index in [0.29, 0.717) is 5.56 Å². The molecule has 0 amide bonds. The van der Waals surface area contributed by atoms with E-state index < -0.39 is 53.6 Å². The first-order chi connectivity index (χ1) is 20.0. The van der Waals surface area contributed by atoms with Crippen molar-refractivity contribution in [3.05, 3.63) is 82.5 Å². The van der Waals surface area contributed by atoms with Crippen molar-refractivity contribution in [1.29, 1.82) is 0 Å². The van der Waals surface area contributed by atoms with Gasteiger partial charge in [-0.15, -0.1) is 0 Å². The van der Waals surface area contributed by atoms with Crippen molar-refractivity contribution in [2.45, 2.75) is 37.6 Å². The molecule has 4 aromatic rings. The van der Waals surface area contributed by atoms with E-state index in [9.17, 15) is 40.2 Å². The SMILES string of the molecule is C[C@@H]1O[C@H](Oc2c(-c3ccc(O)cc3)oc3cc(O)cc(O)c3c2=O)[C@H](O)[C@H](O)[C@H]1OC(=O)/C=C\c1cccc(O)c1. The van der Waals surface area contributed by atoms with E-state index in [1.165, 1.54) is 49.4 Å². The van der Waals surface area contributed by atoms with E-state index in [-0.39, 0.29) is 39.5 Å². The molecule has 1 fully saturated rings. The first-order valence-electron chi connectivity index (χ1n) is 12.7. The Bertz CT molecular complexity index is 1710. The van der Waals surface area contributed by atoms with Crippen LogP contribution in [0.1, 0.15) is 12.5 Å². The summed E-state index contributed by atoms with van der Waals surface area (Å²) >= 11 is 0. The molecule has 1 aliphatic heterocycles. The Labute approximate surface area is 237 Å². The number of ether oxygens (including phenoxy) is 3. The van der Waals surface area contributed by atoms with E-state index in [1.807, 2.05) is 0 Å². The molecule has 218 valence electrons. The second-order valence-corrected chi connectivity index (χ2v) is 9.61. The second kappa shape index (κ2) is 11.4. The molecular weight excluding hydrogens is 552 g/mol. The molecule has 1 aliphatic rings. The molecule has 5 atom stereocenters. The number of carbonyl (C=O) groups is 1. The molecule has 0 aliphatic carbocycles. The lowest BCUT2D eigenvalue weighted by Crippen LogP contribution is -2.59. The van der Waals surface area contributed by atoms with Crippen LogP contribution in [0.25, 0.3) is 28.4 Å². The number of phenols is 4. The number of hydrogen-bond donors (Lipinski definition) is 6. The molecule has 0 spiro atoms. The fraction of sp³-hybridized carbons (Fsp3) is 0.200. The summed E-state index contributed by atoms with van der Waals surface area (Å²) in [6.45, 7) is 1.46. The lowest BCUT2D eigenvalue weighted by molar-refractivity contribution is -0.271. The minimum absolute atomic E-state index is 0.00628. The van der Waals surface area contributed by atoms with Crippen molar-refractivity contribution in [3.63, 3.8) is 0 Å². The van der Waals surface area contributed by atoms with Crippen molar-refractivity contribution in [2.24, 2.45) is 0 Å². The summed E-state index contributed by atoms with van der Waals surface area (Å²) in [6.07, 6.45) is -5.04. The van der Waals surface area contributed by atoms with E-state index in [1.54, 1.807) is 12.1 Å². The maximum Gasteiger partial charge on any atom is 0.331 e. The first kappa shape index (κ1) is 28.5. The zero-order valence-corrected chi connectivity index (χ0v) is 21.9. The van der Waals surface area contributed by atoms with Gasteiger partial charge in [0.1, 0.15) is 46.2 Å². The van der Waals surface area contributed by atoms with E-state index in [2.05, 4.69) is 0 Å². The van der Waals surface area contributed by atoms with E-state index in [0.717, 1.165) is 18.2 Å². The van der Waals surface area contributed by atoms with Gasteiger partial charge in [0.2, 0.25) is 17.5 Å². The van der Waals surface area contributed by atoms with Crippen molar-refractivity contribution < 1.29 is 54.1 Å². The number of carbonyl (C=O) groups excluding carboxylic acids is 1. The summed E-state index contributed by atoms with van der Waals surface area (Å²) in [4.78, 5) is 25.9. The third-order valence-electron chi connectivity index (χ3n) is 6.59. The van der Waals surface area contributed by atoms with Crippen molar-refractivity contribution in [1.82, 2.24) is 0 Å². The van der Waals surface area contributed by atoms with Crippen molar-refractivity contribution in [2.75, 3.05) is 0 Å². The molecule has 0 unspecified atom stereocenters. The molecule has 6 N–H and O–H groups in total. The number of phenolic OH excluding ortho intramolecular Hbond substituents is 4. The Kier molecular flexibility index (Phi) is 7.77. The largest absolute Gasteiger partial charge is 0.508 e. The first-order valence-corrected chi connectivity index (χ1v) is 12.7. The van der Waals surface area contributed by atoms with Gasteiger partial charge in [0.05, 0.1) is 6.10 Å². The van der Waals surface area contributed by atoms with Crippen LogP contribution in [0.15, 0.2) is 76.0 Å². The molecular formula is C30H26O12. The van der Waals surface area contributed by atoms with Gasteiger partial charge in [0.15, 0.2) is 11.9 Å². The molecule has 3 aromatic carbocycles. The predicted octanol–water partition coefficient (Wildman–Crippen LogP) is 2.75. The highest BCUT2D eigenvalue weighted by atomic mass is 16.7. The molecule has 0 radical (unpaired) electrons. The molecule has 12 heteroatoms. The molecule has 42 heavy (non-hydrogen) atoms. The zero-order valence-electron chi connectivity index (χ0n) is 21.9. The number of esters is 1. The average molecular weight is 579 g/mol. The molecule has 0 bridgehead atoms. The Balaban J connectivity index is 1.42. The third kappa shape index (κ3) is 5.72. The minimum atomic E-state index is -1.81. The smallest absolute Gasteiger partial charge is 0.331 e. The van der Waals surface area contributed by atoms with Gasteiger partial charge >= 0.3 is 5.97 Å². The Hall–Kier alpha value is -5.04. The summed E-state index contributed by atoms with van der Waals surface area (Å²) in [6, 6.07) is 13.7. The van der Waals surface area contributed by atoms with Gasteiger partial charge in [-0.3, -0.25) is 4.79 Å². The van der Waals surface area contributed by atoms with Crippen LogP contribution in [0, 0.1) is 0 Å². The van der Waals surface area contributed by atoms with E-state index in [4.69, 9.17) is 18.6 Å². The standard InChI is InChI=1S/C30H26O12/c1-14-27(41-22(35)10-5-15-3-2-4-18(32)11-15)25(37)26(38)30(39-14)42-29-24(36)23-20(34)12-19(33)13-21(23)40-28(29)16-6-8-17(31)9-7-16/h2-14,25-27,30-34,37-38H,1H3/b10-5-/t14-,25-,26+,27-,30+/m0/s1. The molecule has 1 aromatic heterocycles. The van der Waals surface area contributed by atoms with Crippen LogP contribution in [0.5, 0.6) is 28.7 Å². The number of benzene rings is 3. The van der Waals surface area contributed by atoms with Gasteiger partial charge in [0, 0.05) is 23.8 Å². The number of aromatic hydroxyl groups is 4. The normalized spacial score (nSPS) is 22.3. The number of aliphatic hydroxyl groups is 2. The van der Waals surface area contributed by atoms with Gasteiger partial charge in [0.25, 0.3) is 0 Å². The minimum Gasteiger partial charge on any atom is -0.508 e. The van der Waals surface area contributed by atoms with Crippen LogP contribution in [0.2, 0.25) is 0 Å². The third-order valence-corrected chi connectivity index (χ3v) is 6.59. The monoisotopic (exact) mass is 578 g/mol. The number of fused-ring (bicyclic) bond motifs is 1. The summed E-state index contributed by atoms with van der Waals surface area (Å²) in [5, 5.41) is 60.8. The van der Waals surface area contributed by atoms with Crippen LogP contribution in [0.3, 0.4) is 0 Å². The highest BCUT2D eigenvalue weighted by Crippen LogP contribution is 2.37. The van der Waals surface area contributed by atoms with Crippen LogP contribution in [-0.2, 0) is 14.3 Å². The predicted molar refractivity (Wildman–Crippen MR) is 147 cm³/mol. The van der Waals surface area contributed by atoms with Crippen LogP contribution in [0.4, 0.5) is 0 Å². The maximum absolute atomic E-state index is 13.5. The maximum atomic E-state index is 13.5. The lowest BCUT2D eigenvalue weighted by Gasteiger charge is -2.40. The highest BCUT2D eigenvalue weighted by Gasteiger charge is 2.46. The summed E-state index contributed by atoms with van der Waals surface area (Å²) < 4.78 is 22.6. The van der Waals surface area contributed by atoms with Crippen molar-refractivity contribution in [3.8, 4) is 40.1 Å². The molecule has 12 nitrogen and oxygen atoms in total. The van der Waals surface area contributed by atoms with Crippen LogP contribution in [-0.4, -0.2) is 67.3 Å². The summed E-state index contributed by atoms with van der Waals surface area (Å²) in [7, 11) is 0. The number of aliphatic hydroxyl groups excluding tert-OH is 2. The quantitative estimate of drug-likeness (QED) is 0.145. The van der Waals surface area contributed by atoms with Gasteiger partial charge < -0.3 is 49.3 Å². The van der Waals surface area contributed by atoms with Crippen LogP contribution < -0.4 is 10.2 Å². The molecule has 5 rings (SSSR count). The summed E-state index contributed by atoms with van der Waals surface area (Å²) in [5.41, 5.74) is -0.264. The van der Waals surface area contributed by atoms with Crippen molar-refractivity contribution >= 4 is 23.0 Å². The van der Waals surface area contributed by atoms with Gasteiger partial charge in [-0.05, 0) is 55.0 Å². The Morgan fingerprint density at radius 2 is 1.64 bits per heavy atom. The molecule has 0 saturated carbocycles. The topological polar surface area (TPSA) is 196 Å². The van der Waals surface area contributed by atoms with E-state index >= 15 is 0 Å². The van der Waals surface area contributed by atoms with Crippen LogP contribution >= 0.6 is 0 Å². The zero-order chi connectivity index (χ0) is 30.1. The Morgan fingerprint density at radius 1 is 0.905 bits per heavy atom. The Morgan fingerprint density at radius 3 is 2.36 bits per heavy atom. The lowest BCUT2D eigenvalue weighted by atomic mass is 9.99. The van der Waals surface area contributed by atoms with Gasteiger partial charge in [-0.1, -0.05) is 12.1 Å². The van der Waals surface area contributed by atoms with Gasteiger partial charge in [-0.2, -0.15) is 0 Å². The molecule has 2 heterocycles. The average Bonchev–Trinajstić information content (AvgIpc) is 2.94. The number of rotatable bonds is 6.